The number of nitrogens with one attached hydrogen (secondary N) is 1. The van der Waals surface area contributed by atoms with Crippen LogP contribution >= 0.6 is 0 Å². The Labute approximate surface area is 95.4 Å². The average Bonchev–Trinajstić information content (AvgIpc) is 2.30. The number of piperazine rings is 1. The van der Waals surface area contributed by atoms with Gasteiger partial charge in [0.1, 0.15) is 0 Å². The van der Waals surface area contributed by atoms with Crippen molar-refractivity contribution in [2.24, 2.45) is 5.92 Å². The van der Waals surface area contributed by atoms with E-state index in [4.69, 9.17) is 0 Å². The molecule has 90 valence electrons. The lowest BCUT2D eigenvalue weighted by Crippen LogP contribution is -2.55. The van der Waals surface area contributed by atoms with Gasteiger partial charge in [0.25, 0.3) is 0 Å². The largest absolute Gasteiger partial charge is 0.314 e. The maximum atomic E-state index is 3.50. The van der Waals surface area contributed by atoms with E-state index >= 15 is 0 Å². The Bertz CT molecular complexity index is 166. The summed E-state index contributed by atoms with van der Waals surface area (Å²) in [5.41, 5.74) is 0. The summed E-state index contributed by atoms with van der Waals surface area (Å²) in [5, 5.41) is 3.50. The smallest absolute Gasteiger partial charge is 0.0221 e. The summed E-state index contributed by atoms with van der Waals surface area (Å²) in [6.45, 7) is 13.0. The van der Waals surface area contributed by atoms with Crippen molar-refractivity contribution in [1.82, 2.24) is 10.2 Å². The summed E-state index contributed by atoms with van der Waals surface area (Å²) in [7, 11) is 0. The van der Waals surface area contributed by atoms with Gasteiger partial charge in [0.2, 0.25) is 0 Å². The summed E-state index contributed by atoms with van der Waals surface area (Å²) >= 11 is 0. The zero-order valence-corrected chi connectivity index (χ0v) is 10.9. The zero-order valence-electron chi connectivity index (χ0n) is 10.9. The highest BCUT2D eigenvalue weighted by molar-refractivity contribution is 4.85. The molecule has 2 nitrogen and oxygen atoms in total. The van der Waals surface area contributed by atoms with E-state index in [1.165, 1.54) is 38.9 Å². The van der Waals surface area contributed by atoms with Crippen molar-refractivity contribution in [1.29, 1.82) is 0 Å². The van der Waals surface area contributed by atoms with Gasteiger partial charge in [0.05, 0.1) is 0 Å². The molecule has 0 aliphatic carbocycles. The van der Waals surface area contributed by atoms with E-state index in [2.05, 4.69) is 37.9 Å². The second kappa shape index (κ2) is 6.49. The molecule has 1 fully saturated rings. The molecule has 1 N–H and O–H groups in total. The van der Waals surface area contributed by atoms with Crippen LogP contribution in [0.4, 0.5) is 0 Å². The van der Waals surface area contributed by atoms with Crippen LogP contribution in [0.25, 0.3) is 0 Å². The molecule has 1 aliphatic heterocycles. The van der Waals surface area contributed by atoms with Crippen LogP contribution in [0, 0.1) is 5.92 Å². The molecule has 1 heterocycles. The normalized spacial score (nSPS) is 25.8. The Morgan fingerprint density at radius 2 is 1.93 bits per heavy atom. The molecule has 0 spiro atoms. The first-order chi connectivity index (χ1) is 7.24. The van der Waals surface area contributed by atoms with Crippen molar-refractivity contribution >= 4 is 0 Å². The molecule has 0 radical (unpaired) electrons. The number of rotatable bonds is 5. The Morgan fingerprint density at radius 3 is 2.47 bits per heavy atom. The second-order valence-electron chi connectivity index (χ2n) is 4.82. The lowest BCUT2D eigenvalue weighted by Gasteiger charge is -2.42. The predicted octanol–water partition coefficient (Wildman–Crippen LogP) is 2.49. The number of nitrogens with zero attached hydrogens (tertiary/aromatic N) is 1. The molecule has 2 heteroatoms. The molecule has 2 unspecified atom stereocenters. The molecule has 0 saturated carbocycles. The second-order valence-corrected chi connectivity index (χ2v) is 4.82. The molecule has 0 bridgehead atoms. The molecule has 0 amide bonds. The van der Waals surface area contributed by atoms with E-state index in [-0.39, 0.29) is 0 Å². The quantitative estimate of drug-likeness (QED) is 0.753. The van der Waals surface area contributed by atoms with Gasteiger partial charge in [-0.2, -0.15) is 0 Å². The standard InChI is InChI=1S/C13H28N2/c1-5-12(6-2)11(4)15-9-8-14-10-13(15)7-3/h11-14H,5-10H2,1-4H3. The van der Waals surface area contributed by atoms with Gasteiger partial charge < -0.3 is 5.32 Å². The van der Waals surface area contributed by atoms with Crippen molar-refractivity contribution in [2.75, 3.05) is 19.6 Å². The lowest BCUT2D eigenvalue weighted by atomic mass is 9.92. The Kier molecular flexibility index (Phi) is 5.62. The molecule has 0 aromatic carbocycles. The van der Waals surface area contributed by atoms with E-state index in [0.29, 0.717) is 0 Å². The van der Waals surface area contributed by atoms with Gasteiger partial charge in [0.15, 0.2) is 0 Å². The molecule has 1 aliphatic rings. The third-order valence-corrected chi connectivity index (χ3v) is 4.12. The Balaban J connectivity index is 2.57. The summed E-state index contributed by atoms with van der Waals surface area (Å²) in [4.78, 5) is 2.73. The Morgan fingerprint density at radius 1 is 1.27 bits per heavy atom. The van der Waals surface area contributed by atoms with Crippen molar-refractivity contribution in [3.63, 3.8) is 0 Å². The van der Waals surface area contributed by atoms with Gasteiger partial charge in [-0.1, -0.05) is 33.6 Å². The maximum Gasteiger partial charge on any atom is 0.0221 e. The zero-order chi connectivity index (χ0) is 11.3. The minimum atomic E-state index is 0.757. The van der Waals surface area contributed by atoms with Crippen molar-refractivity contribution in [3.05, 3.63) is 0 Å². The van der Waals surface area contributed by atoms with E-state index < -0.39 is 0 Å². The third-order valence-electron chi connectivity index (χ3n) is 4.12. The van der Waals surface area contributed by atoms with Crippen LogP contribution in [-0.2, 0) is 0 Å². The molecule has 0 aromatic rings. The minimum absolute atomic E-state index is 0.757. The predicted molar refractivity (Wildman–Crippen MR) is 67.2 cm³/mol. The monoisotopic (exact) mass is 212 g/mol. The van der Waals surface area contributed by atoms with E-state index in [0.717, 1.165) is 18.0 Å². The summed E-state index contributed by atoms with van der Waals surface area (Å²) in [6, 6.07) is 1.52. The van der Waals surface area contributed by atoms with Crippen LogP contribution < -0.4 is 5.32 Å². The average molecular weight is 212 g/mol. The number of hydrogen-bond acceptors (Lipinski definition) is 2. The van der Waals surface area contributed by atoms with Crippen LogP contribution in [-0.4, -0.2) is 36.6 Å². The lowest BCUT2D eigenvalue weighted by molar-refractivity contribution is 0.0748. The van der Waals surface area contributed by atoms with Crippen molar-refractivity contribution in [3.8, 4) is 0 Å². The first kappa shape index (κ1) is 13.0. The molecular formula is C13H28N2. The highest BCUT2D eigenvalue weighted by atomic mass is 15.2. The van der Waals surface area contributed by atoms with Crippen molar-refractivity contribution < 1.29 is 0 Å². The Hall–Kier alpha value is -0.0800. The van der Waals surface area contributed by atoms with Gasteiger partial charge in [-0.05, 0) is 19.3 Å². The van der Waals surface area contributed by atoms with Gasteiger partial charge in [-0.15, -0.1) is 0 Å². The van der Waals surface area contributed by atoms with E-state index in [1.54, 1.807) is 0 Å². The fourth-order valence-corrected chi connectivity index (χ4v) is 2.93. The van der Waals surface area contributed by atoms with Crippen LogP contribution in [0.3, 0.4) is 0 Å². The molecule has 15 heavy (non-hydrogen) atoms. The highest BCUT2D eigenvalue weighted by Gasteiger charge is 2.28. The topological polar surface area (TPSA) is 15.3 Å². The van der Waals surface area contributed by atoms with Gasteiger partial charge in [-0.3, -0.25) is 4.90 Å². The minimum Gasteiger partial charge on any atom is -0.314 e. The van der Waals surface area contributed by atoms with Crippen LogP contribution in [0.15, 0.2) is 0 Å². The SMILES string of the molecule is CCC(CC)C(C)N1CCNCC1CC. The summed E-state index contributed by atoms with van der Waals surface area (Å²) in [6.07, 6.45) is 3.91. The summed E-state index contributed by atoms with van der Waals surface area (Å²) in [5.74, 6) is 0.872. The summed E-state index contributed by atoms with van der Waals surface area (Å²) < 4.78 is 0. The van der Waals surface area contributed by atoms with Crippen LogP contribution in [0.2, 0.25) is 0 Å². The van der Waals surface area contributed by atoms with Crippen LogP contribution in [0.1, 0.15) is 47.0 Å². The maximum absolute atomic E-state index is 3.50. The van der Waals surface area contributed by atoms with Crippen LogP contribution in [0.5, 0.6) is 0 Å². The first-order valence-corrected chi connectivity index (χ1v) is 6.70. The first-order valence-electron chi connectivity index (χ1n) is 6.70. The molecule has 1 saturated heterocycles. The highest BCUT2D eigenvalue weighted by Crippen LogP contribution is 2.22. The van der Waals surface area contributed by atoms with Gasteiger partial charge >= 0.3 is 0 Å². The van der Waals surface area contributed by atoms with E-state index in [9.17, 15) is 0 Å². The molecule has 1 rings (SSSR count). The van der Waals surface area contributed by atoms with Gasteiger partial charge in [-0.25, -0.2) is 0 Å². The van der Waals surface area contributed by atoms with Crippen molar-refractivity contribution in [2.45, 2.75) is 59.0 Å². The van der Waals surface area contributed by atoms with Gasteiger partial charge in [0, 0.05) is 31.7 Å². The molecule has 0 aromatic heterocycles. The fraction of sp³-hybridized carbons (Fsp3) is 1.00. The third kappa shape index (κ3) is 3.18. The van der Waals surface area contributed by atoms with E-state index in [1.807, 2.05) is 0 Å². The fourth-order valence-electron chi connectivity index (χ4n) is 2.93. The molecule has 2 atom stereocenters. The number of hydrogen-bond donors (Lipinski definition) is 1. The molecular weight excluding hydrogens is 184 g/mol.